The third-order valence-corrected chi connectivity index (χ3v) is 12.1. The van der Waals surface area contributed by atoms with Gasteiger partial charge in [0, 0.05) is 27.5 Å². The number of hydrogen-bond donors (Lipinski definition) is 0. The quantitative estimate of drug-likeness (QED) is 0.151. The highest BCUT2D eigenvalue weighted by Crippen LogP contribution is 2.42. The molecule has 12 rings (SSSR count). The van der Waals surface area contributed by atoms with Crippen LogP contribution in [0.25, 0.3) is 122 Å². The first-order valence-electron chi connectivity index (χ1n) is 21.2. The summed E-state index contributed by atoms with van der Waals surface area (Å²) >= 11 is 0. The molecule has 12 aromatic rings. The number of aromatic nitrogens is 3. The maximum absolute atomic E-state index is 6.83. The lowest BCUT2D eigenvalue weighted by Crippen LogP contribution is -2.00. The summed E-state index contributed by atoms with van der Waals surface area (Å²) in [5, 5.41) is 6.86. The van der Waals surface area contributed by atoms with Crippen LogP contribution >= 0.6 is 0 Å². The van der Waals surface area contributed by atoms with Crippen molar-refractivity contribution >= 4 is 43.5 Å². The summed E-state index contributed by atoms with van der Waals surface area (Å²) in [5.74, 6) is 1.78. The fourth-order valence-corrected chi connectivity index (χ4v) is 8.90. The fourth-order valence-electron chi connectivity index (χ4n) is 8.90. The van der Waals surface area contributed by atoms with Crippen LogP contribution in [0.4, 0.5) is 0 Å². The molecule has 0 saturated carbocycles. The van der Waals surface area contributed by atoms with Crippen molar-refractivity contribution < 1.29 is 4.42 Å². The van der Waals surface area contributed by atoms with Crippen LogP contribution in [-0.4, -0.2) is 15.0 Å². The van der Waals surface area contributed by atoms with Crippen LogP contribution in [0.3, 0.4) is 0 Å². The standard InChI is InChI=1S/C59H37N3O/c1-4-12-38(13-5-1)41-20-24-44(25-21-41)53-35-49(40-16-8-3-9-17-40)37-55-56(53)52-33-31-48(36-54(52)63-55)59-61-57(45-27-22-42(23-28-45)39-14-6-2-7-15-39)60-58(62-59)47-30-32-51-46(34-47)29-26-43-18-10-11-19-50(43)51/h1-37H. The van der Waals surface area contributed by atoms with Crippen LogP contribution in [-0.2, 0) is 0 Å². The fraction of sp³-hybridized carbons (Fsp3) is 0. The minimum atomic E-state index is 0.574. The molecule has 0 bridgehead atoms. The Kier molecular flexibility index (Phi) is 8.79. The van der Waals surface area contributed by atoms with Crippen molar-refractivity contribution in [3.8, 4) is 78.7 Å². The summed E-state index contributed by atoms with van der Waals surface area (Å²) < 4.78 is 6.83. The van der Waals surface area contributed by atoms with E-state index in [-0.39, 0.29) is 0 Å². The summed E-state index contributed by atoms with van der Waals surface area (Å²) in [7, 11) is 0. The van der Waals surface area contributed by atoms with E-state index in [2.05, 4.69) is 212 Å². The van der Waals surface area contributed by atoms with Gasteiger partial charge in [-0.2, -0.15) is 0 Å². The third-order valence-electron chi connectivity index (χ3n) is 12.1. The van der Waals surface area contributed by atoms with Crippen molar-refractivity contribution in [3.05, 3.63) is 224 Å². The van der Waals surface area contributed by atoms with Crippen LogP contribution in [0.1, 0.15) is 0 Å². The van der Waals surface area contributed by atoms with Gasteiger partial charge in [-0.05, 0) is 96.4 Å². The number of fused-ring (bicyclic) bond motifs is 6. The van der Waals surface area contributed by atoms with Crippen LogP contribution in [0, 0.1) is 0 Å². The summed E-state index contributed by atoms with van der Waals surface area (Å²) in [4.78, 5) is 15.5. The molecule has 10 aromatic carbocycles. The Bertz CT molecular complexity index is 3640. The average Bonchev–Trinajstić information content (AvgIpc) is 3.74. The van der Waals surface area contributed by atoms with Gasteiger partial charge in [0.05, 0.1) is 0 Å². The highest BCUT2D eigenvalue weighted by atomic mass is 16.3. The van der Waals surface area contributed by atoms with Gasteiger partial charge in [0.1, 0.15) is 11.2 Å². The molecule has 2 aromatic heterocycles. The lowest BCUT2D eigenvalue weighted by Gasteiger charge is -2.11. The number of benzene rings is 10. The van der Waals surface area contributed by atoms with Crippen LogP contribution < -0.4 is 0 Å². The largest absolute Gasteiger partial charge is 0.456 e. The van der Waals surface area contributed by atoms with E-state index < -0.39 is 0 Å². The van der Waals surface area contributed by atoms with E-state index in [0.717, 1.165) is 77.4 Å². The van der Waals surface area contributed by atoms with Gasteiger partial charge >= 0.3 is 0 Å². The highest BCUT2D eigenvalue weighted by Gasteiger charge is 2.19. The number of hydrogen-bond acceptors (Lipinski definition) is 4. The summed E-state index contributed by atoms with van der Waals surface area (Å²) in [6, 6.07) is 78.8. The summed E-state index contributed by atoms with van der Waals surface area (Å²) in [6.07, 6.45) is 0. The lowest BCUT2D eigenvalue weighted by molar-refractivity contribution is 0.669. The number of furan rings is 1. The Balaban J connectivity index is 1.01. The molecule has 0 unspecified atom stereocenters. The van der Waals surface area contributed by atoms with Gasteiger partial charge in [0.2, 0.25) is 0 Å². The van der Waals surface area contributed by atoms with Gasteiger partial charge in [-0.1, -0.05) is 194 Å². The third kappa shape index (κ3) is 6.71. The number of nitrogens with zero attached hydrogens (tertiary/aromatic N) is 3. The van der Waals surface area contributed by atoms with Crippen molar-refractivity contribution in [3.63, 3.8) is 0 Å². The molecule has 0 N–H and O–H groups in total. The molecule has 294 valence electrons. The van der Waals surface area contributed by atoms with E-state index in [1.165, 1.54) is 27.3 Å². The zero-order valence-electron chi connectivity index (χ0n) is 34.1. The van der Waals surface area contributed by atoms with E-state index >= 15 is 0 Å². The van der Waals surface area contributed by atoms with E-state index in [1.54, 1.807) is 0 Å². The first-order valence-corrected chi connectivity index (χ1v) is 21.2. The van der Waals surface area contributed by atoms with Gasteiger partial charge in [0.15, 0.2) is 17.5 Å². The Morgan fingerprint density at radius 2 is 0.683 bits per heavy atom. The summed E-state index contributed by atoms with van der Waals surface area (Å²) in [5.41, 5.74) is 13.4. The molecule has 4 nitrogen and oxygen atoms in total. The van der Waals surface area contributed by atoms with Gasteiger partial charge < -0.3 is 4.42 Å². The molecule has 63 heavy (non-hydrogen) atoms. The van der Waals surface area contributed by atoms with Gasteiger partial charge in [-0.25, -0.2) is 15.0 Å². The van der Waals surface area contributed by atoms with Gasteiger partial charge in [0.25, 0.3) is 0 Å². The van der Waals surface area contributed by atoms with E-state index in [9.17, 15) is 0 Å². The normalized spacial score (nSPS) is 11.5. The minimum Gasteiger partial charge on any atom is -0.456 e. The average molecular weight is 804 g/mol. The predicted octanol–water partition coefficient (Wildman–Crippen LogP) is 15.7. The molecule has 4 heteroatoms. The maximum Gasteiger partial charge on any atom is 0.164 e. The molecule has 0 amide bonds. The Labute approximate surface area is 364 Å². The maximum atomic E-state index is 6.83. The van der Waals surface area contributed by atoms with Gasteiger partial charge in [-0.3, -0.25) is 0 Å². The molecule has 0 fully saturated rings. The number of rotatable bonds is 7. The van der Waals surface area contributed by atoms with Crippen molar-refractivity contribution in [1.29, 1.82) is 0 Å². The van der Waals surface area contributed by atoms with Crippen molar-refractivity contribution in [2.75, 3.05) is 0 Å². The van der Waals surface area contributed by atoms with Crippen molar-refractivity contribution in [1.82, 2.24) is 15.0 Å². The van der Waals surface area contributed by atoms with E-state index in [4.69, 9.17) is 19.4 Å². The topological polar surface area (TPSA) is 51.8 Å². The van der Waals surface area contributed by atoms with Crippen molar-refractivity contribution in [2.24, 2.45) is 0 Å². The first kappa shape index (κ1) is 36.4. The van der Waals surface area contributed by atoms with Crippen LogP contribution in [0.2, 0.25) is 0 Å². The zero-order chi connectivity index (χ0) is 41.7. The van der Waals surface area contributed by atoms with E-state index in [1.807, 2.05) is 12.1 Å². The second kappa shape index (κ2) is 15.2. The molecule has 2 heterocycles. The predicted molar refractivity (Wildman–Crippen MR) is 260 cm³/mol. The Hall–Kier alpha value is -8.47. The first-order chi connectivity index (χ1) is 31.2. The molecule has 0 saturated heterocycles. The van der Waals surface area contributed by atoms with E-state index in [0.29, 0.717) is 17.5 Å². The monoisotopic (exact) mass is 803 g/mol. The summed E-state index contributed by atoms with van der Waals surface area (Å²) in [6.45, 7) is 0. The van der Waals surface area contributed by atoms with Crippen molar-refractivity contribution in [2.45, 2.75) is 0 Å². The Morgan fingerprint density at radius 1 is 0.254 bits per heavy atom. The molecule has 0 aliphatic rings. The molecule has 0 spiro atoms. The second-order valence-electron chi connectivity index (χ2n) is 16.0. The SMILES string of the molecule is c1ccc(-c2ccc(-c3nc(-c4ccc5c(ccc6ccccc65)c4)nc(-c4ccc5c(c4)oc4cc(-c6ccccc6)cc(-c6ccc(-c7ccccc7)cc6)c45)n3)cc2)cc1. The molecular formula is C59H37N3O. The Morgan fingerprint density at radius 3 is 1.32 bits per heavy atom. The van der Waals surface area contributed by atoms with Gasteiger partial charge in [-0.15, -0.1) is 0 Å². The molecule has 0 radical (unpaired) electrons. The highest BCUT2D eigenvalue weighted by molar-refractivity contribution is 6.14. The lowest BCUT2D eigenvalue weighted by atomic mass is 9.93. The van der Waals surface area contributed by atoms with Crippen LogP contribution in [0.5, 0.6) is 0 Å². The molecule has 0 aliphatic heterocycles. The molecule has 0 aliphatic carbocycles. The zero-order valence-corrected chi connectivity index (χ0v) is 34.1. The molecule has 0 atom stereocenters. The second-order valence-corrected chi connectivity index (χ2v) is 16.0. The van der Waals surface area contributed by atoms with Crippen LogP contribution in [0.15, 0.2) is 229 Å². The smallest absolute Gasteiger partial charge is 0.164 e. The minimum absolute atomic E-state index is 0.574. The molecular weight excluding hydrogens is 767 g/mol.